The van der Waals surface area contributed by atoms with Crippen molar-refractivity contribution >= 4 is 11.3 Å². The lowest BCUT2D eigenvalue weighted by Crippen LogP contribution is -2.34. The van der Waals surface area contributed by atoms with Gasteiger partial charge in [-0.3, -0.25) is 0 Å². The van der Waals surface area contributed by atoms with Crippen LogP contribution in [0.2, 0.25) is 0 Å². The Morgan fingerprint density at radius 3 is 2.62 bits per heavy atom. The van der Waals surface area contributed by atoms with E-state index in [-0.39, 0.29) is 5.54 Å². The molecule has 3 heteroatoms. The first kappa shape index (κ1) is 10.7. The van der Waals surface area contributed by atoms with Gasteiger partial charge in [-0.15, -0.1) is 11.3 Å². The van der Waals surface area contributed by atoms with Crippen molar-refractivity contribution in [1.29, 1.82) is 0 Å². The van der Waals surface area contributed by atoms with E-state index < -0.39 is 0 Å². The fourth-order valence-electron chi connectivity index (χ4n) is 0.945. The Morgan fingerprint density at radius 2 is 2.15 bits per heavy atom. The van der Waals surface area contributed by atoms with Crippen LogP contribution in [0, 0.1) is 0 Å². The largest absolute Gasteiger partial charge is 0.307 e. The van der Waals surface area contributed by atoms with Gasteiger partial charge in [0.15, 0.2) is 0 Å². The smallest absolute Gasteiger partial charge is 0.0925 e. The van der Waals surface area contributed by atoms with Crippen LogP contribution in [0.3, 0.4) is 0 Å². The first-order valence-electron chi connectivity index (χ1n) is 4.70. The van der Waals surface area contributed by atoms with E-state index in [9.17, 15) is 0 Å². The van der Waals surface area contributed by atoms with Crippen molar-refractivity contribution in [1.82, 2.24) is 10.3 Å². The van der Waals surface area contributed by atoms with Gasteiger partial charge in [0.05, 0.1) is 5.01 Å². The standard InChI is InChI=1S/C10H18N2S/c1-5-9-11-6-8(13-9)7-12-10(2,3)4/h6,12H,5,7H2,1-4H3. The Bertz CT molecular complexity index is 260. The van der Waals surface area contributed by atoms with Gasteiger partial charge in [-0.1, -0.05) is 6.92 Å². The average Bonchev–Trinajstić information content (AvgIpc) is 2.47. The minimum Gasteiger partial charge on any atom is -0.307 e. The number of thiazole rings is 1. The van der Waals surface area contributed by atoms with Gasteiger partial charge < -0.3 is 5.32 Å². The van der Waals surface area contributed by atoms with E-state index in [1.807, 2.05) is 6.20 Å². The van der Waals surface area contributed by atoms with Gasteiger partial charge in [-0.2, -0.15) is 0 Å². The van der Waals surface area contributed by atoms with E-state index in [4.69, 9.17) is 0 Å². The Balaban J connectivity index is 2.46. The molecule has 74 valence electrons. The molecule has 2 nitrogen and oxygen atoms in total. The Labute approximate surface area is 84.4 Å². The third kappa shape index (κ3) is 3.87. The summed E-state index contributed by atoms with van der Waals surface area (Å²) < 4.78 is 0. The van der Waals surface area contributed by atoms with Gasteiger partial charge in [0.1, 0.15) is 0 Å². The molecule has 13 heavy (non-hydrogen) atoms. The predicted octanol–water partition coefficient (Wildman–Crippen LogP) is 2.59. The summed E-state index contributed by atoms with van der Waals surface area (Å²) in [5.41, 5.74) is 0.191. The van der Waals surface area contributed by atoms with E-state index in [0.29, 0.717) is 0 Å². The maximum Gasteiger partial charge on any atom is 0.0925 e. The number of nitrogens with zero attached hydrogens (tertiary/aromatic N) is 1. The molecule has 1 rings (SSSR count). The molecule has 0 bridgehead atoms. The lowest BCUT2D eigenvalue weighted by atomic mass is 10.1. The summed E-state index contributed by atoms with van der Waals surface area (Å²) in [6, 6.07) is 0. The molecular formula is C10H18N2S. The van der Waals surface area contributed by atoms with Crippen LogP contribution in [0.25, 0.3) is 0 Å². The third-order valence-electron chi connectivity index (χ3n) is 1.70. The summed E-state index contributed by atoms with van der Waals surface area (Å²) in [5.74, 6) is 0. The maximum atomic E-state index is 4.31. The second-order valence-corrected chi connectivity index (χ2v) is 5.38. The highest BCUT2D eigenvalue weighted by atomic mass is 32.1. The van der Waals surface area contributed by atoms with Crippen molar-refractivity contribution in [2.45, 2.75) is 46.2 Å². The molecule has 0 unspecified atom stereocenters. The second kappa shape index (κ2) is 4.20. The molecule has 0 aliphatic carbocycles. The van der Waals surface area contributed by atoms with E-state index in [1.54, 1.807) is 11.3 Å². The molecule has 1 N–H and O–H groups in total. The Kier molecular flexibility index (Phi) is 3.45. The zero-order chi connectivity index (χ0) is 9.90. The van der Waals surface area contributed by atoms with Crippen molar-refractivity contribution in [3.05, 3.63) is 16.1 Å². The predicted molar refractivity (Wildman–Crippen MR) is 58.1 cm³/mol. The van der Waals surface area contributed by atoms with Crippen molar-refractivity contribution in [3.63, 3.8) is 0 Å². The van der Waals surface area contributed by atoms with E-state index >= 15 is 0 Å². The molecule has 0 aliphatic rings. The van der Waals surface area contributed by atoms with Gasteiger partial charge >= 0.3 is 0 Å². The van der Waals surface area contributed by atoms with Gasteiger partial charge in [-0.05, 0) is 27.2 Å². The molecule has 0 spiro atoms. The van der Waals surface area contributed by atoms with Gasteiger partial charge in [-0.25, -0.2) is 4.98 Å². The first-order chi connectivity index (χ1) is 6.01. The van der Waals surface area contributed by atoms with Crippen molar-refractivity contribution in [2.24, 2.45) is 0 Å². The van der Waals surface area contributed by atoms with E-state index in [2.05, 4.69) is 38.0 Å². The minimum absolute atomic E-state index is 0.191. The number of aromatic nitrogens is 1. The summed E-state index contributed by atoms with van der Waals surface area (Å²) in [7, 11) is 0. The SMILES string of the molecule is CCc1ncc(CNC(C)(C)C)s1. The van der Waals surface area contributed by atoms with Crippen LogP contribution >= 0.6 is 11.3 Å². The molecule has 0 fully saturated rings. The van der Waals surface area contributed by atoms with Crippen molar-refractivity contribution in [3.8, 4) is 0 Å². The Hall–Kier alpha value is -0.410. The monoisotopic (exact) mass is 198 g/mol. The average molecular weight is 198 g/mol. The molecule has 0 aliphatic heterocycles. The molecule has 0 atom stereocenters. The first-order valence-corrected chi connectivity index (χ1v) is 5.51. The summed E-state index contributed by atoms with van der Waals surface area (Å²) >= 11 is 1.80. The maximum absolute atomic E-state index is 4.31. The molecule has 1 aromatic rings. The van der Waals surface area contributed by atoms with Crippen LogP contribution in [0.1, 0.15) is 37.6 Å². The lowest BCUT2D eigenvalue weighted by Gasteiger charge is -2.19. The van der Waals surface area contributed by atoms with Gasteiger partial charge in [0.2, 0.25) is 0 Å². The number of hydrogen-bond donors (Lipinski definition) is 1. The summed E-state index contributed by atoms with van der Waals surface area (Å²) in [5, 5.41) is 4.67. The van der Waals surface area contributed by atoms with Gasteiger partial charge in [0.25, 0.3) is 0 Å². The minimum atomic E-state index is 0.191. The topological polar surface area (TPSA) is 24.9 Å². The number of hydrogen-bond acceptors (Lipinski definition) is 3. The number of aryl methyl sites for hydroxylation is 1. The van der Waals surface area contributed by atoms with Crippen LogP contribution in [0.5, 0.6) is 0 Å². The quantitative estimate of drug-likeness (QED) is 0.807. The molecular weight excluding hydrogens is 180 g/mol. The normalized spacial score (nSPS) is 12.0. The zero-order valence-electron chi connectivity index (χ0n) is 8.85. The number of nitrogens with one attached hydrogen (secondary N) is 1. The Morgan fingerprint density at radius 1 is 1.46 bits per heavy atom. The highest BCUT2D eigenvalue weighted by Gasteiger charge is 2.09. The van der Waals surface area contributed by atoms with Crippen LogP contribution in [-0.4, -0.2) is 10.5 Å². The third-order valence-corrected chi connectivity index (χ3v) is 2.84. The molecule has 0 radical (unpaired) electrons. The summed E-state index contributed by atoms with van der Waals surface area (Å²) in [4.78, 5) is 5.64. The van der Waals surface area contributed by atoms with Gasteiger partial charge in [0, 0.05) is 23.2 Å². The zero-order valence-corrected chi connectivity index (χ0v) is 9.66. The van der Waals surface area contributed by atoms with Crippen molar-refractivity contribution < 1.29 is 0 Å². The van der Waals surface area contributed by atoms with Crippen LogP contribution in [0.4, 0.5) is 0 Å². The van der Waals surface area contributed by atoms with E-state index in [0.717, 1.165) is 13.0 Å². The van der Waals surface area contributed by atoms with Crippen molar-refractivity contribution in [2.75, 3.05) is 0 Å². The summed E-state index contributed by atoms with van der Waals surface area (Å²) in [6.07, 6.45) is 3.02. The molecule has 0 saturated carbocycles. The molecule has 0 saturated heterocycles. The molecule has 1 aromatic heterocycles. The number of rotatable bonds is 3. The van der Waals surface area contributed by atoms with Crippen LogP contribution in [0.15, 0.2) is 6.20 Å². The fourth-order valence-corrected chi connectivity index (χ4v) is 1.75. The van der Waals surface area contributed by atoms with Crippen LogP contribution in [-0.2, 0) is 13.0 Å². The highest BCUT2D eigenvalue weighted by molar-refractivity contribution is 7.11. The van der Waals surface area contributed by atoms with E-state index in [1.165, 1.54) is 9.88 Å². The molecule has 0 amide bonds. The fraction of sp³-hybridized carbons (Fsp3) is 0.700. The highest BCUT2D eigenvalue weighted by Crippen LogP contribution is 2.14. The lowest BCUT2D eigenvalue weighted by molar-refractivity contribution is 0.426. The molecule has 1 heterocycles. The molecule has 0 aromatic carbocycles. The summed E-state index contributed by atoms with van der Waals surface area (Å²) in [6.45, 7) is 9.60. The van der Waals surface area contributed by atoms with Crippen LogP contribution < -0.4 is 5.32 Å². The second-order valence-electron chi connectivity index (χ2n) is 4.18.